The summed E-state index contributed by atoms with van der Waals surface area (Å²) in [6.07, 6.45) is -0.399. The van der Waals surface area contributed by atoms with Crippen LogP contribution in [0.15, 0.2) is 58.0 Å². The van der Waals surface area contributed by atoms with Crippen molar-refractivity contribution in [1.82, 2.24) is 9.29 Å². The van der Waals surface area contributed by atoms with Gasteiger partial charge in [0.2, 0.25) is 0 Å². The van der Waals surface area contributed by atoms with Crippen LogP contribution < -0.4 is 5.32 Å². The van der Waals surface area contributed by atoms with Gasteiger partial charge in [0, 0.05) is 21.6 Å². The number of fused-ring (bicyclic) bond motifs is 1. The van der Waals surface area contributed by atoms with E-state index >= 15 is 0 Å². The molecule has 7 nitrogen and oxygen atoms in total. The van der Waals surface area contributed by atoms with Crippen LogP contribution in [-0.4, -0.2) is 35.7 Å². The van der Waals surface area contributed by atoms with Gasteiger partial charge in [0.25, 0.3) is 10.0 Å². The van der Waals surface area contributed by atoms with Crippen LogP contribution in [0, 0.1) is 6.92 Å². The molecule has 1 atom stereocenters. The standard InChI is InChI=1S/C22H25BrN2O5S/c1-14-5-8-16(9-6-14)31(28,29)25-13-18(17-10-7-15(23)11-19(17)25)20(26)12-24-21(27)30-22(2,3)4/h5-11,13,20,26H,12H2,1-4H3,(H,24,27)/t20-/m1/s1. The summed E-state index contributed by atoms with van der Waals surface area (Å²) in [5, 5.41) is 13.8. The second-order valence-electron chi connectivity index (χ2n) is 8.26. The monoisotopic (exact) mass is 508 g/mol. The Labute approximate surface area is 190 Å². The van der Waals surface area contributed by atoms with Crippen LogP contribution in [-0.2, 0) is 14.8 Å². The number of carbonyl (C=O) groups is 1. The van der Waals surface area contributed by atoms with Crippen LogP contribution in [0.5, 0.6) is 0 Å². The quantitative estimate of drug-likeness (QED) is 0.528. The third kappa shape index (κ3) is 5.28. The third-order valence-corrected chi connectivity index (χ3v) is 6.72. The van der Waals surface area contributed by atoms with E-state index in [1.54, 1.807) is 63.2 Å². The molecule has 0 aliphatic heterocycles. The predicted molar refractivity (Wildman–Crippen MR) is 123 cm³/mol. The highest BCUT2D eigenvalue weighted by Gasteiger charge is 2.25. The van der Waals surface area contributed by atoms with Gasteiger partial charge in [-0.1, -0.05) is 39.7 Å². The van der Waals surface area contributed by atoms with Crippen LogP contribution in [0.25, 0.3) is 10.9 Å². The Balaban J connectivity index is 1.99. The lowest BCUT2D eigenvalue weighted by Crippen LogP contribution is -2.34. The molecule has 0 radical (unpaired) electrons. The first-order chi connectivity index (χ1) is 14.4. The van der Waals surface area contributed by atoms with Crippen molar-refractivity contribution in [1.29, 1.82) is 0 Å². The summed E-state index contributed by atoms with van der Waals surface area (Å²) in [5.74, 6) is 0. The SMILES string of the molecule is Cc1ccc(S(=O)(=O)n2cc([C@H](O)CNC(=O)OC(C)(C)C)c3ccc(Br)cc32)cc1. The maximum Gasteiger partial charge on any atom is 0.407 e. The van der Waals surface area contributed by atoms with E-state index in [-0.39, 0.29) is 11.4 Å². The minimum Gasteiger partial charge on any atom is -0.444 e. The van der Waals surface area contributed by atoms with E-state index in [9.17, 15) is 18.3 Å². The summed E-state index contributed by atoms with van der Waals surface area (Å²) in [5.41, 5.74) is 1.08. The fourth-order valence-electron chi connectivity index (χ4n) is 3.09. The number of aliphatic hydroxyl groups is 1. The second-order valence-corrected chi connectivity index (χ2v) is 11.0. The molecule has 0 aliphatic rings. The van der Waals surface area contributed by atoms with Gasteiger partial charge in [0.1, 0.15) is 5.60 Å². The molecule has 0 aliphatic carbocycles. The Hall–Kier alpha value is -2.36. The van der Waals surface area contributed by atoms with Crippen LogP contribution in [0.2, 0.25) is 0 Å². The molecule has 9 heteroatoms. The average Bonchev–Trinajstić information content (AvgIpc) is 3.04. The van der Waals surface area contributed by atoms with Crippen molar-refractivity contribution in [2.24, 2.45) is 0 Å². The van der Waals surface area contributed by atoms with E-state index in [2.05, 4.69) is 21.2 Å². The number of rotatable bonds is 5. The Morgan fingerprint density at radius 2 is 1.84 bits per heavy atom. The zero-order valence-electron chi connectivity index (χ0n) is 17.7. The van der Waals surface area contributed by atoms with Crippen molar-refractivity contribution in [2.45, 2.75) is 44.3 Å². The highest BCUT2D eigenvalue weighted by atomic mass is 79.9. The summed E-state index contributed by atoms with van der Waals surface area (Å²) < 4.78 is 33.7. The van der Waals surface area contributed by atoms with Crippen molar-refractivity contribution in [3.8, 4) is 0 Å². The summed E-state index contributed by atoms with van der Waals surface area (Å²) in [6, 6.07) is 11.7. The maximum atomic E-state index is 13.3. The molecule has 1 aromatic heterocycles. The largest absolute Gasteiger partial charge is 0.444 e. The molecule has 0 bridgehead atoms. The summed E-state index contributed by atoms with van der Waals surface area (Å²) >= 11 is 3.38. The molecule has 2 aromatic carbocycles. The first kappa shape index (κ1) is 23.3. The molecule has 0 spiro atoms. The molecule has 1 heterocycles. The zero-order valence-corrected chi connectivity index (χ0v) is 20.1. The van der Waals surface area contributed by atoms with Gasteiger partial charge in [-0.05, 0) is 52.0 Å². The number of nitrogens with one attached hydrogen (secondary N) is 1. The fourth-order valence-corrected chi connectivity index (χ4v) is 4.81. The van der Waals surface area contributed by atoms with Crippen LogP contribution in [0.1, 0.15) is 38.0 Å². The van der Waals surface area contributed by atoms with Crippen molar-refractivity contribution in [3.63, 3.8) is 0 Å². The lowest BCUT2D eigenvalue weighted by molar-refractivity contribution is 0.0492. The van der Waals surface area contributed by atoms with Gasteiger partial charge in [0.15, 0.2) is 0 Å². The maximum absolute atomic E-state index is 13.3. The van der Waals surface area contributed by atoms with Crippen molar-refractivity contribution < 1.29 is 23.1 Å². The summed E-state index contributed by atoms with van der Waals surface area (Å²) in [4.78, 5) is 12.1. The predicted octanol–water partition coefficient (Wildman–Crippen LogP) is 4.51. The number of carbonyl (C=O) groups excluding carboxylic acids is 1. The van der Waals surface area contributed by atoms with E-state index in [4.69, 9.17) is 4.74 Å². The van der Waals surface area contributed by atoms with E-state index < -0.39 is 27.8 Å². The number of alkyl carbamates (subject to hydrolysis) is 1. The average molecular weight is 509 g/mol. The van der Waals surface area contributed by atoms with Gasteiger partial charge < -0.3 is 15.2 Å². The zero-order chi connectivity index (χ0) is 23.0. The summed E-state index contributed by atoms with van der Waals surface area (Å²) in [7, 11) is -3.89. The van der Waals surface area contributed by atoms with Gasteiger partial charge in [0.05, 0.1) is 23.1 Å². The molecule has 1 amide bonds. The number of halogens is 1. The first-order valence-electron chi connectivity index (χ1n) is 9.66. The molecular formula is C22H25BrN2O5S. The number of ether oxygens (including phenoxy) is 1. The normalized spacial score (nSPS) is 13.2. The molecule has 0 saturated heterocycles. The number of aliphatic hydroxyl groups excluding tert-OH is 1. The number of hydrogen-bond donors (Lipinski definition) is 2. The first-order valence-corrected chi connectivity index (χ1v) is 11.9. The van der Waals surface area contributed by atoms with Crippen molar-refractivity contribution >= 4 is 42.9 Å². The summed E-state index contributed by atoms with van der Waals surface area (Å²) in [6.45, 7) is 6.97. The van der Waals surface area contributed by atoms with Crippen molar-refractivity contribution in [2.75, 3.05) is 6.54 Å². The number of hydrogen-bond acceptors (Lipinski definition) is 5. The lowest BCUT2D eigenvalue weighted by Gasteiger charge is -2.20. The van der Waals surface area contributed by atoms with Gasteiger partial charge in [-0.2, -0.15) is 0 Å². The highest BCUT2D eigenvalue weighted by molar-refractivity contribution is 9.10. The van der Waals surface area contributed by atoms with Gasteiger partial charge in [-0.15, -0.1) is 0 Å². The van der Waals surface area contributed by atoms with E-state index in [1.165, 1.54) is 6.20 Å². The molecule has 0 unspecified atom stereocenters. The number of aromatic nitrogens is 1. The van der Waals surface area contributed by atoms with E-state index in [0.717, 1.165) is 9.54 Å². The molecule has 3 rings (SSSR count). The van der Waals surface area contributed by atoms with Crippen molar-refractivity contribution in [3.05, 3.63) is 64.3 Å². The fraction of sp³-hybridized carbons (Fsp3) is 0.318. The smallest absolute Gasteiger partial charge is 0.407 e. The van der Waals surface area contributed by atoms with E-state index in [1.807, 2.05) is 6.92 Å². The minimum absolute atomic E-state index is 0.130. The minimum atomic E-state index is -3.89. The topological polar surface area (TPSA) is 97.6 Å². The van der Waals surface area contributed by atoms with Gasteiger partial charge >= 0.3 is 6.09 Å². The van der Waals surface area contributed by atoms with Crippen LogP contribution in [0.3, 0.4) is 0 Å². The lowest BCUT2D eigenvalue weighted by atomic mass is 10.1. The number of benzene rings is 2. The van der Waals surface area contributed by atoms with Gasteiger partial charge in [-0.3, -0.25) is 0 Å². The second kappa shape index (κ2) is 8.64. The molecule has 0 saturated carbocycles. The molecule has 0 fully saturated rings. The Bertz CT molecular complexity index is 1210. The molecule has 2 N–H and O–H groups in total. The molecule has 3 aromatic rings. The number of aryl methyl sites for hydroxylation is 1. The Kier molecular flexibility index (Phi) is 6.50. The Morgan fingerprint density at radius 3 is 2.45 bits per heavy atom. The third-order valence-electron chi connectivity index (χ3n) is 4.54. The molecule has 31 heavy (non-hydrogen) atoms. The number of amides is 1. The van der Waals surface area contributed by atoms with Gasteiger partial charge in [-0.25, -0.2) is 17.2 Å². The number of nitrogens with zero attached hydrogens (tertiary/aromatic N) is 1. The van der Waals surface area contributed by atoms with E-state index in [0.29, 0.717) is 20.9 Å². The van der Waals surface area contributed by atoms with Crippen LogP contribution in [0.4, 0.5) is 4.79 Å². The molecular weight excluding hydrogens is 484 g/mol. The Morgan fingerprint density at radius 1 is 1.19 bits per heavy atom. The highest BCUT2D eigenvalue weighted by Crippen LogP contribution is 2.31. The molecule has 166 valence electrons. The van der Waals surface area contributed by atoms with Crippen LogP contribution >= 0.6 is 15.9 Å².